The van der Waals surface area contributed by atoms with E-state index in [1.165, 1.54) is 6.07 Å². The summed E-state index contributed by atoms with van der Waals surface area (Å²) in [5.41, 5.74) is 1.20. The minimum atomic E-state index is -0.644. The van der Waals surface area contributed by atoms with Crippen molar-refractivity contribution in [3.8, 4) is 11.5 Å². The fourth-order valence-corrected chi connectivity index (χ4v) is 2.13. The third kappa shape index (κ3) is 3.33. The zero-order valence-corrected chi connectivity index (χ0v) is 12.2. The largest absolute Gasteiger partial charge is 0.457 e. The van der Waals surface area contributed by atoms with E-state index >= 15 is 0 Å². The summed E-state index contributed by atoms with van der Waals surface area (Å²) in [6, 6.07) is 9.96. The third-order valence-corrected chi connectivity index (χ3v) is 3.27. The van der Waals surface area contributed by atoms with Gasteiger partial charge in [0.15, 0.2) is 0 Å². The van der Waals surface area contributed by atoms with Gasteiger partial charge in [0, 0.05) is 10.0 Å². The first-order chi connectivity index (χ1) is 8.97. The number of hydrogen-bond acceptors (Lipinski definition) is 2. The molecule has 19 heavy (non-hydrogen) atoms. The molecule has 0 fully saturated rings. The summed E-state index contributed by atoms with van der Waals surface area (Å²) in [5, 5.41) is 9.74. The molecule has 4 heteroatoms. The van der Waals surface area contributed by atoms with E-state index in [9.17, 15) is 9.50 Å². The Labute approximate surface area is 120 Å². The quantitative estimate of drug-likeness (QED) is 0.883. The summed E-state index contributed by atoms with van der Waals surface area (Å²) < 4.78 is 19.8. The second-order valence-corrected chi connectivity index (χ2v) is 5.29. The molecule has 0 aliphatic carbocycles. The molecule has 0 heterocycles. The van der Waals surface area contributed by atoms with Crippen LogP contribution in [0, 0.1) is 12.7 Å². The SMILES string of the molecule is Cc1cc(Oc2ccc(Br)cc2C(C)O)ccc1F. The number of hydrogen-bond donors (Lipinski definition) is 1. The van der Waals surface area contributed by atoms with Gasteiger partial charge in [0.05, 0.1) is 6.10 Å². The van der Waals surface area contributed by atoms with E-state index in [4.69, 9.17) is 4.74 Å². The van der Waals surface area contributed by atoms with Crippen molar-refractivity contribution < 1.29 is 14.2 Å². The van der Waals surface area contributed by atoms with Gasteiger partial charge in [-0.05, 0) is 55.8 Å². The van der Waals surface area contributed by atoms with Crippen molar-refractivity contribution in [2.75, 3.05) is 0 Å². The number of halogens is 2. The first-order valence-electron chi connectivity index (χ1n) is 5.89. The average Bonchev–Trinajstić information content (AvgIpc) is 2.36. The molecular formula is C15H14BrFO2. The number of aliphatic hydroxyl groups is 1. The fraction of sp³-hybridized carbons (Fsp3) is 0.200. The molecule has 1 unspecified atom stereocenters. The van der Waals surface area contributed by atoms with Gasteiger partial charge in [-0.1, -0.05) is 15.9 Å². The predicted octanol–water partition coefficient (Wildman–Crippen LogP) is 4.74. The highest BCUT2D eigenvalue weighted by atomic mass is 79.9. The highest BCUT2D eigenvalue weighted by molar-refractivity contribution is 9.10. The van der Waals surface area contributed by atoms with Crippen LogP contribution in [0.15, 0.2) is 40.9 Å². The highest BCUT2D eigenvalue weighted by Crippen LogP contribution is 2.32. The van der Waals surface area contributed by atoms with Gasteiger partial charge in [-0.3, -0.25) is 0 Å². The van der Waals surface area contributed by atoms with Crippen molar-refractivity contribution in [2.45, 2.75) is 20.0 Å². The number of rotatable bonds is 3. The average molecular weight is 325 g/mol. The van der Waals surface area contributed by atoms with Crippen molar-refractivity contribution in [2.24, 2.45) is 0 Å². The minimum Gasteiger partial charge on any atom is -0.457 e. The van der Waals surface area contributed by atoms with Gasteiger partial charge in [-0.15, -0.1) is 0 Å². The van der Waals surface area contributed by atoms with E-state index < -0.39 is 6.10 Å². The molecule has 2 aromatic carbocycles. The molecule has 2 aromatic rings. The zero-order chi connectivity index (χ0) is 14.0. The van der Waals surface area contributed by atoms with Crippen molar-refractivity contribution in [1.82, 2.24) is 0 Å². The molecule has 0 radical (unpaired) electrons. The van der Waals surface area contributed by atoms with Gasteiger partial charge in [-0.25, -0.2) is 4.39 Å². The number of aliphatic hydroxyl groups excluding tert-OH is 1. The molecule has 0 bridgehead atoms. The van der Waals surface area contributed by atoms with Crippen LogP contribution in [0.5, 0.6) is 11.5 Å². The first-order valence-corrected chi connectivity index (χ1v) is 6.68. The Morgan fingerprint density at radius 3 is 2.58 bits per heavy atom. The maximum absolute atomic E-state index is 13.2. The summed E-state index contributed by atoms with van der Waals surface area (Å²) in [6.45, 7) is 3.35. The van der Waals surface area contributed by atoms with Crippen molar-refractivity contribution in [3.63, 3.8) is 0 Å². The minimum absolute atomic E-state index is 0.265. The van der Waals surface area contributed by atoms with Crippen LogP contribution < -0.4 is 4.74 Å². The maximum atomic E-state index is 13.2. The standard InChI is InChI=1S/C15H14BrFO2/c1-9-7-12(4-5-14(9)17)19-15-6-3-11(16)8-13(15)10(2)18/h3-8,10,18H,1-2H3. The van der Waals surface area contributed by atoms with E-state index in [-0.39, 0.29) is 5.82 Å². The summed E-state index contributed by atoms with van der Waals surface area (Å²) in [7, 11) is 0. The molecule has 0 aliphatic heterocycles. The normalized spacial score (nSPS) is 12.3. The van der Waals surface area contributed by atoms with Gasteiger partial charge in [0.2, 0.25) is 0 Å². The lowest BCUT2D eigenvalue weighted by atomic mass is 10.1. The lowest BCUT2D eigenvalue weighted by Crippen LogP contribution is -1.96. The molecular weight excluding hydrogens is 311 g/mol. The van der Waals surface area contributed by atoms with E-state index in [0.717, 1.165) is 4.47 Å². The molecule has 0 spiro atoms. The predicted molar refractivity (Wildman–Crippen MR) is 76.0 cm³/mol. The van der Waals surface area contributed by atoms with Crippen LogP contribution in [-0.4, -0.2) is 5.11 Å². The third-order valence-electron chi connectivity index (χ3n) is 2.78. The van der Waals surface area contributed by atoms with E-state index in [0.29, 0.717) is 22.6 Å². The lowest BCUT2D eigenvalue weighted by Gasteiger charge is -2.14. The molecule has 2 nitrogen and oxygen atoms in total. The van der Waals surface area contributed by atoms with Gasteiger partial charge < -0.3 is 9.84 Å². The molecule has 0 saturated heterocycles. The van der Waals surface area contributed by atoms with Gasteiger partial charge in [0.1, 0.15) is 17.3 Å². The molecule has 0 saturated carbocycles. The smallest absolute Gasteiger partial charge is 0.133 e. The summed E-state index contributed by atoms with van der Waals surface area (Å²) in [6.07, 6.45) is -0.644. The molecule has 100 valence electrons. The summed E-state index contributed by atoms with van der Waals surface area (Å²) in [5.74, 6) is 0.839. The Bertz CT molecular complexity index is 597. The highest BCUT2D eigenvalue weighted by Gasteiger charge is 2.11. The summed E-state index contributed by atoms with van der Waals surface area (Å²) in [4.78, 5) is 0. The van der Waals surface area contributed by atoms with E-state index in [2.05, 4.69) is 15.9 Å². The van der Waals surface area contributed by atoms with Crippen LogP contribution in [0.1, 0.15) is 24.2 Å². The Morgan fingerprint density at radius 1 is 1.21 bits per heavy atom. The Balaban J connectivity index is 2.35. The topological polar surface area (TPSA) is 29.5 Å². The summed E-state index contributed by atoms with van der Waals surface area (Å²) >= 11 is 3.35. The van der Waals surface area contributed by atoms with Crippen LogP contribution in [0.4, 0.5) is 4.39 Å². The van der Waals surface area contributed by atoms with Crippen LogP contribution in [0.2, 0.25) is 0 Å². The monoisotopic (exact) mass is 324 g/mol. The van der Waals surface area contributed by atoms with Crippen LogP contribution in [-0.2, 0) is 0 Å². The van der Waals surface area contributed by atoms with Crippen molar-refractivity contribution in [3.05, 3.63) is 57.8 Å². The number of ether oxygens (including phenoxy) is 1. The molecule has 0 aromatic heterocycles. The molecule has 1 atom stereocenters. The maximum Gasteiger partial charge on any atom is 0.133 e. The Morgan fingerprint density at radius 2 is 1.95 bits per heavy atom. The van der Waals surface area contributed by atoms with Crippen LogP contribution >= 0.6 is 15.9 Å². The fourth-order valence-electron chi connectivity index (χ4n) is 1.75. The molecule has 1 N–H and O–H groups in total. The molecule has 0 aliphatic rings. The molecule has 0 amide bonds. The Kier molecular flexibility index (Phi) is 4.22. The van der Waals surface area contributed by atoms with Crippen molar-refractivity contribution in [1.29, 1.82) is 0 Å². The number of benzene rings is 2. The van der Waals surface area contributed by atoms with Gasteiger partial charge >= 0.3 is 0 Å². The van der Waals surface area contributed by atoms with Crippen molar-refractivity contribution >= 4 is 15.9 Å². The van der Waals surface area contributed by atoms with Gasteiger partial charge in [-0.2, -0.15) is 0 Å². The Hall–Kier alpha value is -1.39. The zero-order valence-electron chi connectivity index (χ0n) is 10.7. The lowest BCUT2D eigenvalue weighted by molar-refractivity contribution is 0.195. The first kappa shape index (κ1) is 14.0. The van der Waals surface area contributed by atoms with Crippen LogP contribution in [0.3, 0.4) is 0 Å². The second-order valence-electron chi connectivity index (χ2n) is 4.37. The second kappa shape index (κ2) is 5.72. The van der Waals surface area contributed by atoms with E-state index in [1.807, 2.05) is 6.07 Å². The van der Waals surface area contributed by atoms with Gasteiger partial charge in [0.25, 0.3) is 0 Å². The number of aryl methyl sites for hydroxylation is 1. The molecule has 2 rings (SSSR count). The van der Waals surface area contributed by atoms with Crippen LogP contribution in [0.25, 0.3) is 0 Å². The van der Waals surface area contributed by atoms with E-state index in [1.54, 1.807) is 38.1 Å².